The summed E-state index contributed by atoms with van der Waals surface area (Å²) in [5, 5.41) is 0. The third-order valence-electron chi connectivity index (χ3n) is 4.69. The SMILES string of the molecule is CC(CC(=O)c1ccccc1)C1CCOC(C)(c2ccccc2)O1. The molecule has 0 N–H and O–H groups in total. The van der Waals surface area contributed by atoms with Gasteiger partial charge in [-0.2, -0.15) is 0 Å². The van der Waals surface area contributed by atoms with Crippen LogP contribution in [0, 0.1) is 5.92 Å². The molecule has 0 aliphatic carbocycles. The summed E-state index contributed by atoms with van der Waals surface area (Å²) >= 11 is 0. The number of carbonyl (C=O) groups excluding carboxylic acids is 1. The van der Waals surface area contributed by atoms with Crippen molar-refractivity contribution in [3.05, 3.63) is 71.8 Å². The summed E-state index contributed by atoms with van der Waals surface area (Å²) < 4.78 is 12.2. The molecule has 3 nitrogen and oxygen atoms in total. The van der Waals surface area contributed by atoms with Gasteiger partial charge >= 0.3 is 0 Å². The quantitative estimate of drug-likeness (QED) is 0.756. The predicted octanol–water partition coefficient (Wildman–Crippen LogP) is 4.57. The van der Waals surface area contributed by atoms with E-state index in [0.29, 0.717) is 13.0 Å². The van der Waals surface area contributed by atoms with Gasteiger partial charge in [-0.3, -0.25) is 4.79 Å². The largest absolute Gasteiger partial charge is 0.346 e. The molecule has 0 amide bonds. The van der Waals surface area contributed by atoms with E-state index in [1.807, 2.05) is 67.6 Å². The van der Waals surface area contributed by atoms with Gasteiger partial charge in [0.15, 0.2) is 11.6 Å². The van der Waals surface area contributed by atoms with Crippen LogP contribution >= 0.6 is 0 Å². The second kappa shape index (κ2) is 7.29. The Morgan fingerprint density at radius 3 is 2.42 bits per heavy atom. The van der Waals surface area contributed by atoms with E-state index in [1.54, 1.807) is 0 Å². The zero-order chi connectivity index (χ0) is 17.0. The lowest BCUT2D eigenvalue weighted by atomic mass is 9.92. The van der Waals surface area contributed by atoms with E-state index in [2.05, 4.69) is 6.92 Å². The van der Waals surface area contributed by atoms with E-state index < -0.39 is 5.79 Å². The monoisotopic (exact) mass is 324 g/mol. The summed E-state index contributed by atoms with van der Waals surface area (Å²) in [6.45, 7) is 4.68. The fraction of sp³-hybridized carbons (Fsp3) is 0.381. The number of benzene rings is 2. The molecule has 2 aromatic carbocycles. The summed E-state index contributed by atoms with van der Waals surface area (Å²) in [6.07, 6.45) is 1.31. The minimum atomic E-state index is -0.742. The minimum Gasteiger partial charge on any atom is -0.346 e. The van der Waals surface area contributed by atoms with Crippen LogP contribution in [0.4, 0.5) is 0 Å². The van der Waals surface area contributed by atoms with E-state index in [-0.39, 0.29) is 17.8 Å². The van der Waals surface area contributed by atoms with Crippen molar-refractivity contribution in [2.45, 2.75) is 38.6 Å². The number of hydrogen-bond donors (Lipinski definition) is 0. The number of Topliss-reactive ketones (excluding diaryl/α,β-unsaturated/α-hetero) is 1. The highest BCUT2D eigenvalue weighted by Gasteiger charge is 2.38. The number of rotatable bonds is 5. The first-order valence-electron chi connectivity index (χ1n) is 8.54. The summed E-state index contributed by atoms with van der Waals surface area (Å²) in [7, 11) is 0. The number of ether oxygens (including phenoxy) is 2. The van der Waals surface area contributed by atoms with Gasteiger partial charge in [-0.05, 0) is 19.3 Å². The van der Waals surface area contributed by atoms with Crippen LogP contribution in [0.3, 0.4) is 0 Å². The van der Waals surface area contributed by atoms with Gasteiger partial charge in [0.05, 0.1) is 12.7 Å². The van der Waals surface area contributed by atoms with Gasteiger partial charge in [-0.25, -0.2) is 0 Å². The molecule has 0 spiro atoms. The Labute approximate surface area is 143 Å². The van der Waals surface area contributed by atoms with Crippen molar-refractivity contribution < 1.29 is 14.3 Å². The summed E-state index contributed by atoms with van der Waals surface area (Å²) in [5.74, 6) is -0.432. The van der Waals surface area contributed by atoms with Crippen LogP contribution in [-0.2, 0) is 15.3 Å². The minimum absolute atomic E-state index is 0.0108. The van der Waals surface area contributed by atoms with Gasteiger partial charge in [0, 0.05) is 17.5 Å². The smallest absolute Gasteiger partial charge is 0.192 e. The van der Waals surface area contributed by atoms with Crippen LogP contribution in [0.25, 0.3) is 0 Å². The molecule has 0 radical (unpaired) electrons. The topological polar surface area (TPSA) is 35.5 Å². The highest BCUT2D eigenvalue weighted by molar-refractivity contribution is 5.96. The zero-order valence-electron chi connectivity index (χ0n) is 14.3. The van der Waals surface area contributed by atoms with Crippen molar-refractivity contribution in [3.8, 4) is 0 Å². The number of hydrogen-bond acceptors (Lipinski definition) is 3. The Balaban J connectivity index is 1.67. The van der Waals surface area contributed by atoms with Gasteiger partial charge in [0.25, 0.3) is 0 Å². The standard InChI is InChI=1S/C21H24O3/c1-16(15-19(22)17-9-5-3-6-10-17)20-13-14-23-21(2,24-20)18-11-7-4-8-12-18/h3-12,16,20H,13-15H2,1-2H3. The first-order chi connectivity index (χ1) is 11.6. The van der Waals surface area contributed by atoms with E-state index in [9.17, 15) is 4.79 Å². The molecule has 1 aliphatic rings. The second-order valence-electron chi connectivity index (χ2n) is 6.58. The van der Waals surface area contributed by atoms with E-state index in [4.69, 9.17) is 9.47 Å². The fourth-order valence-electron chi connectivity index (χ4n) is 3.21. The predicted molar refractivity (Wildman–Crippen MR) is 93.8 cm³/mol. The van der Waals surface area contributed by atoms with Crippen LogP contribution in [0.15, 0.2) is 60.7 Å². The van der Waals surface area contributed by atoms with Gasteiger partial charge in [0.2, 0.25) is 0 Å². The maximum Gasteiger partial charge on any atom is 0.192 e. The van der Waals surface area contributed by atoms with Crippen molar-refractivity contribution in [3.63, 3.8) is 0 Å². The van der Waals surface area contributed by atoms with Crippen molar-refractivity contribution in [1.29, 1.82) is 0 Å². The van der Waals surface area contributed by atoms with Crippen LogP contribution in [0.1, 0.15) is 42.6 Å². The molecule has 1 saturated heterocycles. The Hall–Kier alpha value is -1.97. The maximum atomic E-state index is 12.4. The van der Waals surface area contributed by atoms with Crippen molar-refractivity contribution in [1.82, 2.24) is 0 Å². The Morgan fingerprint density at radius 2 is 1.75 bits per heavy atom. The lowest BCUT2D eigenvalue weighted by molar-refractivity contribution is -0.300. The highest BCUT2D eigenvalue weighted by atomic mass is 16.7. The molecule has 0 aromatic heterocycles. The van der Waals surface area contributed by atoms with E-state index >= 15 is 0 Å². The lowest BCUT2D eigenvalue weighted by Gasteiger charge is -2.41. The van der Waals surface area contributed by atoms with Gasteiger partial charge in [0.1, 0.15) is 0 Å². The van der Waals surface area contributed by atoms with Crippen LogP contribution < -0.4 is 0 Å². The van der Waals surface area contributed by atoms with Crippen LogP contribution in [-0.4, -0.2) is 18.5 Å². The maximum absolute atomic E-state index is 12.4. The van der Waals surface area contributed by atoms with Gasteiger partial charge < -0.3 is 9.47 Å². The molecular weight excluding hydrogens is 300 g/mol. The Morgan fingerprint density at radius 1 is 1.12 bits per heavy atom. The molecule has 3 rings (SSSR count). The molecule has 3 unspecified atom stereocenters. The molecule has 3 atom stereocenters. The first-order valence-corrected chi connectivity index (χ1v) is 8.54. The van der Waals surface area contributed by atoms with Crippen LogP contribution in [0.5, 0.6) is 0 Å². The van der Waals surface area contributed by atoms with Crippen LogP contribution in [0.2, 0.25) is 0 Å². The fourth-order valence-corrected chi connectivity index (χ4v) is 3.21. The number of ketones is 1. The number of carbonyl (C=O) groups is 1. The molecule has 0 bridgehead atoms. The molecule has 126 valence electrons. The summed E-state index contributed by atoms with van der Waals surface area (Å²) in [6, 6.07) is 19.4. The van der Waals surface area contributed by atoms with Crippen molar-refractivity contribution in [2.24, 2.45) is 5.92 Å². The Bertz CT molecular complexity index is 668. The first kappa shape index (κ1) is 16.9. The third kappa shape index (κ3) is 3.74. The summed E-state index contributed by atoms with van der Waals surface area (Å²) in [5.41, 5.74) is 1.78. The average molecular weight is 324 g/mol. The van der Waals surface area contributed by atoms with Gasteiger partial charge in [-0.15, -0.1) is 0 Å². The third-order valence-corrected chi connectivity index (χ3v) is 4.69. The van der Waals surface area contributed by atoms with E-state index in [0.717, 1.165) is 17.5 Å². The molecule has 1 heterocycles. The molecule has 1 fully saturated rings. The molecule has 2 aromatic rings. The van der Waals surface area contributed by atoms with Crippen molar-refractivity contribution in [2.75, 3.05) is 6.61 Å². The molecule has 1 aliphatic heterocycles. The molecular formula is C21H24O3. The normalized spacial score (nSPS) is 25.2. The molecule has 24 heavy (non-hydrogen) atoms. The Kier molecular flexibility index (Phi) is 5.12. The summed E-state index contributed by atoms with van der Waals surface area (Å²) in [4.78, 5) is 12.4. The van der Waals surface area contributed by atoms with E-state index in [1.165, 1.54) is 0 Å². The zero-order valence-corrected chi connectivity index (χ0v) is 14.3. The average Bonchev–Trinajstić information content (AvgIpc) is 2.63. The molecule has 3 heteroatoms. The second-order valence-corrected chi connectivity index (χ2v) is 6.58. The van der Waals surface area contributed by atoms with Crippen molar-refractivity contribution >= 4 is 5.78 Å². The van der Waals surface area contributed by atoms with Gasteiger partial charge in [-0.1, -0.05) is 67.6 Å². The molecule has 0 saturated carbocycles. The highest BCUT2D eigenvalue weighted by Crippen LogP contribution is 2.35. The lowest BCUT2D eigenvalue weighted by Crippen LogP contribution is -2.43.